The maximum Gasteiger partial charge on any atom is 0.314 e. The zero-order chi connectivity index (χ0) is 13.2. The van der Waals surface area contributed by atoms with Gasteiger partial charge in [0.25, 0.3) is 0 Å². The number of benzene rings is 2. The van der Waals surface area contributed by atoms with Gasteiger partial charge in [-0.2, -0.15) is 0 Å². The largest absolute Gasteiger partial charge is 0.487 e. The molecule has 0 aliphatic heterocycles. The van der Waals surface area contributed by atoms with Crippen LogP contribution in [0.3, 0.4) is 0 Å². The van der Waals surface area contributed by atoms with E-state index in [1.807, 2.05) is 57.2 Å². The molecule has 3 nitrogen and oxygen atoms in total. The number of hydrogen-bond acceptors (Lipinski definition) is 2. The van der Waals surface area contributed by atoms with Gasteiger partial charge in [0.05, 0.1) is 0 Å². The predicted molar refractivity (Wildman–Crippen MR) is 73.6 cm³/mol. The van der Waals surface area contributed by atoms with E-state index in [1.54, 1.807) is 6.41 Å². The zero-order valence-electron chi connectivity index (χ0n) is 10.8. The summed E-state index contributed by atoms with van der Waals surface area (Å²) in [6.45, 7) is 5.98. The van der Waals surface area contributed by atoms with E-state index in [2.05, 4.69) is 5.32 Å². The molecule has 0 heterocycles. The standard InChI is InChI=1S/C15H16NO2/c1-15(2,3)18-14-9-12(16-10-17)8-11-6-4-5-7-13(11)14/h4-9H,1-3H3,(H,16,17). The van der Waals surface area contributed by atoms with Crippen molar-refractivity contribution in [3.63, 3.8) is 0 Å². The van der Waals surface area contributed by atoms with Gasteiger partial charge in [-0.1, -0.05) is 24.3 Å². The topological polar surface area (TPSA) is 38.3 Å². The van der Waals surface area contributed by atoms with Gasteiger partial charge in [-0.05, 0) is 32.2 Å². The van der Waals surface area contributed by atoms with E-state index in [0.717, 1.165) is 16.5 Å². The fraction of sp³-hybridized carbons (Fsp3) is 0.267. The second kappa shape index (κ2) is 4.69. The first kappa shape index (κ1) is 12.4. The van der Waals surface area contributed by atoms with Crippen molar-refractivity contribution in [1.29, 1.82) is 0 Å². The zero-order valence-corrected chi connectivity index (χ0v) is 10.8. The fourth-order valence-corrected chi connectivity index (χ4v) is 1.82. The molecule has 2 rings (SSSR count). The van der Waals surface area contributed by atoms with Crippen LogP contribution in [0.4, 0.5) is 5.69 Å². The van der Waals surface area contributed by atoms with E-state index < -0.39 is 0 Å². The lowest BCUT2D eigenvalue weighted by molar-refractivity contribution is 0.133. The van der Waals surface area contributed by atoms with Crippen molar-refractivity contribution < 1.29 is 9.53 Å². The molecule has 2 aromatic rings. The average Bonchev–Trinajstić information content (AvgIpc) is 2.27. The van der Waals surface area contributed by atoms with Crippen LogP contribution in [-0.4, -0.2) is 12.0 Å². The normalized spacial score (nSPS) is 11.3. The van der Waals surface area contributed by atoms with Gasteiger partial charge in [0.2, 0.25) is 0 Å². The summed E-state index contributed by atoms with van der Waals surface area (Å²) in [5.41, 5.74) is 0.398. The number of fused-ring (bicyclic) bond motifs is 1. The first-order valence-electron chi connectivity index (χ1n) is 5.84. The van der Waals surface area contributed by atoms with Crippen LogP contribution in [0.1, 0.15) is 20.8 Å². The van der Waals surface area contributed by atoms with Crippen molar-refractivity contribution in [3.05, 3.63) is 36.4 Å². The molecule has 0 atom stereocenters. The van der Waals surface area contributed by atoms with Crippen molar-refractivity contribution in [2.75, 3.05) is 5.32 Å². The molecule has 0 saturated carbocycles. The third-order valence-electron chi connectivity index (χ3n) is 2.44. The lowest BCUT2D eigenvalue weighted by atomic mass is 10.1. The first-order valence-corrected chi connectivity index (χ1v) is 5.84. The third-order valence-corrected chi connectivity index (χ3v) is 2.44. The van der Waals surface area contributed by atoms with Gasteiger partial charge in [-0.3, -0.25) is 4.79 Å². The van der Waals surface area contributed by atoms with Gasteiger partial charge in [-0.15, -0.1) is 0 Å². The van der Waals surface area contributed by atoms with Crippen LogP contribution in [0.2, 0.25) is 0 Å². The number of carbonyl (C=O) groups excluding carboxylic acids is 1. The Morgan fingerprint density at radius 2 is 1.89 bits per heavy atom. The molecule has 1 radical (unpaired) electrons. The van der Waals surface area contributed by atoms with E-state index in [0.29, 0.717) is 5.69 Å². The first-order chi connectivity index (χ1) is 8.49. The molecule has 0 aliphatic rings. The van der Waals surface area contributed by atoms with Crippen molar-refractivity contribution >= 4 is 22.9 Å². The summed E-state index contributed by atoms with van der Waals surface area (Å²) in [6, 6.07) is 11.6. The highest BCUT2D eigenvalue weighted by Gasteiger charge is 2.14. The molecule has 0 spiro atoms. The van der Waals surface area contributed by atoms with Crippen molar-refractivity contribution in [3.8, 4) is 5.75 Å². The molecule has 2 aromatic carbocycles. The molecular formula is C15H16NO2. The SMILES string of the molecule is CC(C)(C)Oc1cc(N[C]=O)cc2ccccc12. The van der Waals surface area contributed by atoms with E-state index in [1.165, 1.54) is 0 Å². The predicted octanol–water partition coefficient (Wildman–Crippen LogP) is 3.50. The molecule has 1 N–H and O–H groups in total. The molecule has 0 fully saturated rings. The minimum atomic E-state index is -0.285. The van der Waals surface area contributed by atoms with Gasteiger partial charge < -0.3 is 10.1 Å². The van der Waals surface area contributed by atoms with Crippen LogP contribution in [0, 0.1) is 0 Å². The maximum absolute atomic E-state index is 10.4. The quantitative estimate of drug-likeness (QED) is 0.836. The van der Waals surface area contributed by atoms with Crippen LogP contribution in [0.15, 0.2) is 36.4 Å². The monoisotopic (exact) mass is 242 g/mol. The number of rotatable bonds is 3. The minimum absolute atomic E-state index is 0.285. The molecule has 3 heteroatoms. The Kier molecular flexibility index (Phi) is 3.24. The van der Waals surface area contributed by atoms with Crippen LogP contribution >= 0.6 is 0 Å². The molecule has 1 amide bonds. The summed E-state index contributed by atoms with van der Waals surface area (Å²) >= 11 is 0. The van der Waals surface area contributed by atoms with Gasteiger partial charge in [0, 0.05) is 17.1 Å². The second-order valence-corrected chi connectivity index (χ2v) is 5.14. The number of hydrogen-bond donors (Lipinski definition) is 1. The fourth-order valence-electron chi connectivity index (χ4n) is 1.82. The smallest absolute Gasteiger partial charge is 0.314 e. The van der Waals surface area contributed by atoms with Crippen LogP contribution in [0.5, 0.6) is 5.75 Å². The van der Waals surface area contributed by atoms with E-state index >= 15 is 0 Å². The maximum atomic E-state index is 10.4. The number of nitrogens with one attached hydrogen (secondary N) is 1. The van der Waals surface area contributed by atoms with Crippen molar-refractivity contribution in [2.45, 2.75) is 26.4 Å². The number of amides is 1. The second-order valence-electron chi connectivity index (χ2n) is 5.14. The number of ether oxygens (including phenoxy) is 1. The molecule has 0 bridgehead atoms. The lowest BCUT2D eigenvalue weighted by Crippen LogP contribution is -2.23. The van der Waals surface area contributed by atoms with Gasteiger partial charge >= 0.3 is 6.41 Å². The molecule has 0 aromatic heterocycles. The van der Waals surface area contributed by atoms with E-state index in [9.17, 15) is 4.79 Å². The van der Waals surface area contributed by atoms with E-state index in [4.69, 9.17) is 4.74 Å². The minimum Gasteiger partial charge on any atom is -0.487 e. The summed E-state index contributed by atoms with van der Waals surface area (Å²) in [6.07, 6.45) is 1.68. The number of anilines is 1. The Balaban J connectivity index is 2.56. The Hall–Kier alpha value is -2.03. The summed E-state index contributed by atoms with van der Waals surface area (Å²) in [5, 5.41) is 4.60. The van der Waals surface area contributed by atoms with Gasteiger partial charge in [-0.25, -0.2) is 0 Å². The van der Waals surface area contributed by atoms with Crippen molar-refractivity contribution in [1.82, 2.24) is 0 Å². The summed E-state index contributed by atoms with van der Waals surface area (Å²) in [5.74, 6) is 0.762. The van der Waals surface area contributed by atoms with Crippen molar-refractivity contribution in [2.24, 2.45) is 0 Å². The van der Waals surface area contributed by atoms with Gasteiger partial charge in [0.15, 0.2) is 0 Å². The van der Waals surface area contributed by atoms with E-state index in [-0.39, 0.29) is 5.60 Å². The Labute approximate surface area is 107 Å². The summed E-state index contributed by atoms with van der Waals surface area (Å²) < 4.78 is 5.93. The van der Waals surface area contributed by atoms with Gasteiger partial charge in [0.1, 0.15) is 11.4 Å². The Morgan fingerprint density at radius 3 is 2.56 bits per heavy atom. The van der Waals surface area contributed by atoms with Crippen LogP contribution in [-0.2, 0) is 4.79 Å². The molecule has 0 saturated heterocycles. The third kappa shape index (κ3) is 2.80. The highest BCUT2D eigenvalue weighted by Crippen LogP contribution is 2.32. The van der Waals surface area contributed by atoms with Crippen LogP contribution in [0.25, 0.3) is 10.8 Å². The summed E-state index contributed by atoms with van der Waals surface area (Å²) in [7, 11) is 0. The molecule has 93 valence electrons. The highest BCUT2D eigenvalue weighted by molar-refractivity contribution is 5.93. The Bertz CT molecular complexity index is 570. The molecule has 18 heavy (non-hydrogen) atoms. The molecular weight excluding hydrogens is 226 g/mol. The average molecular weight is 242 g/mol. The van der Waals surface area contributed by atoms with Crippen LogP contribution < -0.4 is 10.1 Å². The summed E-state index contributed by atoms with van der Waals surface area (Å²) in [4.78, 5) is 10.4. The molecule has 0 aliphatic carbocycles. The highest BCUT2D eigenvalue weighted by atomic mass is 16.5. The molecule has 0 unspecified atom stereocenters. The Morgan fingerprint density at radius 1 is 1.17 bits per heavy atom. The lowest BCUT2D eigenvalue weighted by Gasteiger charge is -2.23.